The van der Waals surface area contributed by atoms with Crippen LogP contribution in [0.5, 0.6) is 0 Å². The second-order valence-electron chi connectivity index (χ2n) is 10.5. The number of aliphatic hydroxyl groups is 1. The van der Waals surface area contributed by atoms with E-state index in [1.165, 1.54) is 6.42 Å². The van der Waals surface area contributed by atoms with Crippen LogP contribution >= 0.6 is 0 Å². The van der Waals surface area contributed by atoms with Crippen LogP contribution in [-0.4, -0.2) is 61.8 Å². The minimum Gasteiger partial charge on any atom is -0.481 e. The number of hydrogen-bond donors (Lipinski definition) is 4. The molecular formula is C22H31N3O6. The molecular weight excluding hydrogens is 402 g/mol. The molecule has 5 N–H and O–H groups in total. The number of carbonyl (C=O) groups is 3. The third-order valence-corrected chi connectivity index (χ3v) is 8.06. The van der Waals surface area contributed by atoms with E-state index in [-0.39, 0.29) is 36.2 Å². The van der Waals surface area contributed by atoms with Gasteiger partial charge < -0.3 is 26.0 Å². The molecule has 6 aliphatic rings. The van der Waals surface area contributed by atoms with Crippen molar-refractivity contribution in [3.05, 3.63) is 0 Å². The smallest absolute Gasteiger partial charge is 0.303 e. The number of aliphatic carboxylic acids is 2. The van der Waals surface area contributed by atoms with E-state index in [4.69, 9.17) is 15.9 Å². The van der Waals surface area contributed by atoms with Gasteiger partial charge in [0.25, 0.3) is 0 Å². The largest absolute Gasteiger partial charge is 0.481 e. The highest BCUT2D eigenvalue weighted by Crippen LogP contribution is 2.63. The lowest BCUT2D eigenvalue weighted by Crippen LogP contribution is -2.64. The highest BCUT2D eigenvalue weighted by Gasteiger charge is 2.62. The molecule has 5 aliphatic carbocycles. The van der Waals surface area contributed by atoms with Gasteiger partial charge in [0.1, 0.15) is 6.04 Å². The molecule has 4 bridgehead atoms. The van der Waals surface area contributed by atoms with Crippen LogP contribution in [0.4, 0.5) is 0 Å². The van der Waals surface area contributed by atoms with Gasteiger partial charge in [0.15, 0.2) is 0 Å². The molecule has 1 aliphatic heterocycles. The number of nitrogens with zero attached hydrogens (tertiary/aromatic N) is 2. The molecule has 6 rings (SSSR count). The maximum atomic E-state index is 13.1. The molecule has 1 amide bonds. The van der Waals surface area contributed by atoms with Crippen LogP contribution in [0.25, 0.3) is 0 Å². The minimum atomic E-state index is -1.08. The topological polar surface area (TPSA) is 165 Å². The highest BCUT2D eigenvalue weighted by atomic mass is 16.4. The van der Waals surface area contributed by atoms with Crippen LogP contribution in [0.2, 0.25) is 0 Å². The van der Waals surface area contributed by atoms with Gasteiger partial charge in [-0.3, -0.25) is 14.4 Å². The third-order valence-electron chi connectivity index (χ3n) is 8.06. The highest BCUT2D eigenvalue weighted by molar-refractivity contribution is 5.84. The molecule has 2 unspecified atom stereocenters. The lowest BCUT2D eigenvalue weighted by Gasteiger charge is -2.61. The number of piperidine rings is 1. The fourth-order valence-electron chi connectivity index (χ4n) is 7.17. The Labute approximate surface area is 181 Å². The van der Waals surface area contributed by atoms with E-state index in [9.17, 15) is 24.8 Å². The zero-order valence-electron chi connectivity index (χ0n) is 17.6. The van der Waals surface area contributed by atoms with Crippen LogP contribution in [0.15, 0.2) is 0 Å². The first-order valence-electron chi connectivity index (χ1n) is 11.2. The number of carbonyl (C=O) groups excluding carboxylic acids is 1. The Bertz CT molecular complexity index is 795. The van der Waals surface area contributed by atoms with Gasteiger partial charge in [-0.15, -0.1) is 0 Å². The van der Waals surface area contributed by atoms with Crippen molar-refractivity contribution in [1.82, 2.24) is 4.90 Å². The summed E-state index contributed by atoms with van der Waals surface area (Å²) in [4.78, 5) is 34.2. The molecule has 1 saturated heterocycles. The first-order valence-corrected chi connectivity index (χ1v) is 11.2. The average Bonchev–Trinajstić information content (AvgIpc) is 3.33. The summed E-state index contributed by atoms with van der Waals surface area (Å²) < 4.78 is 0. The van der Waals surface area contributed by atoms with Crippen LogP contribution in [0.3, 0.4) is 0 Å². The maximum absolute atomic E-state index is 13.1. The van der Waals surface area contributed by atoms with Crippen molar-refractivity contribution in [2.45, 2.75) is 87.9 Å². The number of rotatable bonds is 5. The molecule has 0 aromatic rings. The summed E-state index contributed by atoms with van der Waals surface area (Å²) in [7, 11) is 0. The summed E-state index contributed by atoms with van der Waals surface area (Å²) in [6.07, 6.45) is 6.89. The van der Waals surface area contributed by atoms with E-state index in [0.29, 0.717) is 24.2 Å². The number of nitrogens with two attached hydrogens (primary N) is 1. The summed E-state index contributed by atoms with van der Waals surface area (Å²) in [5, 5.41) is 36.0. The number of likely N-dealkylation sites (tertiary alicyclic amines) is 1. The Balaban J connectivity index is 0.000000250. The standard InChI is InChI=1S/C18H25N3O2.C4H6O4/c19-8-13-2-12-3-14(12)21(13)16(22)15(20)17-4-10-1-11(5-17)7-18(23,6-10)9-17;5-3(6)1-2-4(7)8/h10-15,23H,1-7,9,20H2;1-2H2,(H,5,6)(H,7,8)/t10-,11+,12-,13+,14+,15-,17?,18?;/m1./s1. The van der Waals surface area contributed by atoms with Gasteiger partial charge in [-0.25, -0.2) is 0 Å². The Morgan fingerprint density at radius 1 is 1.03 bits per heavy atom. The van der Waals surface area contributed by atoms with Gasteiger partial charge in [0, 0.05) is 6.04 Å². The number of hydrogen-bond acceptors (Lipinski definition) is 6. The van der Waals surface area contributed by atoms with Crippen molar-refractivity contribution in [3.63, 3.8) is 0 Å². The summed E-state index contributed by atoms with van der Waals surface area (Å²) in [5.74, 6) is -0.596. The monoisotopic (exact) mass is 433 g/mol. The van der Waals surface area contributed by atoms with Crippen LogP contribution in [0, 0.1) is 34.5 Å². The molecule has 9 heteroatoms. The fraction of sp³-hybridized carbons (Fsp3) is 0.818. The Morgan fingerprint density at radius 3 is 2.10 bits per heavy atom. The molecule has 31 heavy (non-hydrogen) atoms. The molecule has 0 radical (unpaired) electrons. The van der Waals surface area contributed by atoms with E-state index in [2.05, 4.69) is 6.07 Å². The number of carboxylic acids is 2. The predicted octanol–water partition coefficient (Wildman–Crippen LogP) is 1.09. The number of fused-ring (bicyclic) bond motifs is 1. The lowest BCUT2D eigenvalue weighted by atomic mass is 9.46. The molecule has 0 aromatic carbocycles. The molecule has 0 aromatic heterocycles. The van der Waals surface area contributed by atoms with Crippen molar-refractivity contribution in [3.8, 4) is 6.07 Å². The summed E-state index contributed by atoms with van der Waals surface area (Å²) in [6, 6.07) is 1.72. The molecule has 170 valence electrons. The lowest BCUT2D eigenvalue weighted by molar-refractivity contribution is -0.177. The van der Waals surface area contributed by atoms with E-state index < -0.39 is 23.6 Å². The van der Waals surface area contributed by atoms with Crippen molar-refractivity contribution in [1.29, 1.82) is 5.26 Å². The zero-order chi connectivity index (χ0) is 22.6. The van der Waals surface area contributed by atoms with Gasteiger partial charge in [-0.05, 0) is 74.5 Å². The number of nitriles is 1. The second-order valence-corrected chi connectivity index (χ2v) is 10.5. The Morgan fingerprint density at radius 2 is 1.61 bits per heavy atom. The molecule has 9 nitrogen and oxygen atoms in total. The number of amides is 1. The van der Waals surface area contributed by atoms with Gasteiger partial charge in [-0.1, -0.05) is 0 Å². The van der Waals surface area contributed by atoms with Crippen molar-refractivity contribution < 1.29 is 29.7 Å². The van der Waals surface area contributed by atoms with Gasteiger partial charge in [0.2, 0.25) is 5.91 Å². The molecule has 0 spiro atoms. The van der Waals surface area contributed by atoms with Crippen molar-refractivity contribution >= 4 is 17.8 Å². The summed E-state index contributed by atoms with van der Waals surface area (Å²) in [6.45, 7) is 0. The first kappa shape index (κ1) is 22.0. The van der Waals surface area contributed by atoms with Crippen molar-refractivity contribution in [2.75, 3.05) is 0 Å². The van der Waals surface area contributed by atoms with Gasteiger partial charge >= 0.3 is 11.9 Å². The van der Waals surface area contributed by atoms with Crippen LogP contribution < -0.4 is 5.73 Å². The molecule has 6 fully saturated rings. The fourth-order valence-corrected chi connectivity index (χ4v) is 7.17. The second kappa shape index (κ2) is 7.75. The SMILES string of the molecule is N#C[C@@H]1C[C@@H]2C[C@@H]2N1C(=O)[C@@H](N)C12C[C@@H]3C[C@@H](CC(O)(C3)C1)C2.O=C(O)CCC(=O)O. The zero-order valence-corrected chi connectivity index (χ0v) is 17.6. The third kappa shape index (κ3) is 4.15. The minimum absolute atomic E-state index is 0.0212. The number of carboxylic acid groups (broad SMARTS) is 2. The van der Waals surface area contributed by atoms with Crippen LogP contribution in [0.1, 0.15) is 64.2 Å². The van der Waals surface area contributed by atoms with E-state index in [1.54, 1.807) is 4.90 Å². The summed E-state index contributed by atoms with van der Waals surface area (Å²) >= 11 is 0. The average molecular weight is 434 g/mol. The summed E-state index contributed by atoms with van der Waals surface area (Å²) in [5.41, 5.74) is 5.71. The van der Waals surface area contributed by atoms with Gasteiger partial charge in [0.05, 0.1) is 30.6 Å². The molecule has 1 heterocycles. The van der Waals surface area contributed by atoms with E-state index in [0.717, 1.165) is 38.5 Å². The van der Waals surface area contributed by atoms with E-state index in [1.807, 2.05) is 0 Å². The quantitative estimate of drug-likeness (QED) is 0.500. The normalized spacial score (nSPS) is 42.1. The molecule has 5 saturated carbocycles. The van der Waals surface area contributed by atoms with E-state index >= 15 is 0 Å². The maximum Gasteiger partial charge on any atom is 0.303 e. The first-order chi connectivity index (χ1) is 14.6. The van der Waals surface area contributed by atoms with Crippen molar-refractivity contribution in [2.24, 2.45) is 28.9 Å². The molecule has 8 atom stereocenters. The Kier molecular flexibility index (Phi) is 5.51. The Hall–Kier alpha value is -2.18. The van der Waals surface area contributed by atoms with Gasteiger partial charge in [-0.2, -0.15) is 5.26 Å². The van der Waals surface area contributed by atoms with Crippen LogP contribution in [-0.2, 0) is 14.4 Å². The predicted molar refractivity (Wildman–Crippen MR) is 107 cm³/mol.